The number of amides is 1. The highest BCUT2D eigenvalue weighted by Gasteiger charge is 2.62. The number of ether oxygens (including phenoxy) is 2. The van der Waals surface area contributed by atoms with Gasteiger partial charge in [0.25, 0.3) is 0 Å². The lowest BCUT2D eigenvalue weighted by Gasteiger charge is -2.13. The highest BCUT2D eigenvalue weighted by atomic mass is 35.5. The fourth-order valence-electron chi connectivity index (χ4n) is 3.60. The topological polar surface area (TPSA) is 110 Å². The fourth-order valence-corrected chi connectivity index (χ4v) is 4.02. The molecule has 40 heavy (non-hydrogen) atoms. The SMILES string of the molecule is CC1(C)[C@H](C(=O)OC(C#N)c2cccc(Oc3ccccc3)c2)[C@@H]1C=C(Cl)Cl.CNC(=O)O/N=C/C(C)(C)SC. The molecule has 0 spiro atoms. The molecule has 214 valence electrons. The Morgan fingerprint density at radius 1 is 1.15 bits per heavy atom. The number of nitrogens with zero attached hydrogens (tertiary/aromatic N) is 2. The zero-order valence-corrected chi connectivity index (χ0v) is 25.5. The number of hydrogen-bond acceptors (Lipinski definition) is 8. The summed E-state index contributed by atoms with van der Waals surface area (Å²) in [6, 6.07) is 18.3. The standard InChI is InChI=1S/C22H19Cl2NO3.C7H14N2O2S/c1-22(2)17(12-19(23)24)20(22)21(26)28-18(13-25)14-7-6-10-16(11-14)27-15-8-4-3-5-9-15;1-7(2,12-4)5-9-11-6(10)8-3/h3-12,17-18,20H,1-2H3;5H,1-4H3,(H,8,10)/b;9-5+/t17-,18?,20-;/m0./s1. The van der Waals surface area contributed by atoms with Crippen molar-refractivity contribution in [1.29, 1.82) is 5.26 Å². The van der Waals surface area contributed by atoms with Crippen LogP contribution in [-0.4, -0.2) is 36.3 Å². The Balaban J connectivity index is 0.000000395. The molecule has 0 radical (unpaired) electrons. The number of carbonyl (C=O) groups excluding carboxylic acids is 2. The van der Waals surface area contributed by atoms with Crippen LogP contribution in [0.5, 0.6) is 11.5 Å². The Kier molecular flexibility index (Phi) is 12.4. The number of rotatable bonds is 9. The van der Waals surface area contributed by atoms with Gasteiger partial charge in [0.1, 0.15) is 22.1 Å². The van der Waals surface area contributed by atoms with Gasteiger partial charge in [-0.3, -0.25) is 9.63 Å². The molecule has 8 nitrogen and oxygen atoms in total. The molecular weight excluding hydrogens is 573 g/mol. The van der Waals surface area contributed by atoms with E-state index in [1.807, 2.05) is 70.4 Å². The summed E-state index contributed by atoms with van der Waals surface area (Å²) in [6.07, 6.45) is 3.62. The van der Waals surface area contributed by atoms with E-state index in [-0.39, 0.29) is 26.5 Å². The van der Waals surface area contributed by atoms with Gasteiger partial charge in [0.05, 0.1) is 12.1 Å². The molecule has 2 aromatic rings. The van der Waals surface area contributed by atoms with Gasteiger partial charge in [-0.25, -0.2) is 4.79 Å². The van der Waals surface area contributed by atoms with Crippen LogP contribution in [0.3, 0.4) is 0 Å². The second kappa shape index (κ2) is 15.0. The number of hydrogen-bond donors (Lipinski definition) is 1. The Hall–Kier alpha value is -3.19. The summed E-state index contributed by atoms with van der Waals surface area (Å²) in [4.78, 5) is 27.6. The van der Waals surface area contributed by atoms with E-state index in [1.54, 1.807) is 48.3 Å². The molecular formula is C29H33Cl2N3O5S. The molecule has 0 heterocycles. The second-order valence-electron chi connectivity index (χ2n) is 9.89. The van der Waals surface area contributed by atoms with Crippen molar-refractivity contribution in [2.45, 2.75) is 38.5 Å². The molecule has 0 aromatic heterocycles. The number of esters is 1. The molecule has 0 saturated heterocycles. The maximum absolute atomic E-state index is 12.6. The number of oxime groups is 1. The van der Waals surface area contributed by atoms with Crippen LogP contribution in [0.2, 0.25) is 0 Å². The van der Waals surface area contributed by atoms with Gasteiger partial charge in [-0.2, -0.15) is 17.0 Å². The third kappa shape index (κ3) is 10.1. The highest BCUT2D eigenvalue weighted by molar-refractivity contribution is 8.00. The van der Waals surface area contributed by atoms with Gasteiger partial charge in [-0.05, 0) is 61.8 Å². The first-order valence-electron chi connectivity index (χ1n) is 12.3. The lowest BCUT2D eigenvalue weighted by molar-refractivity contribution is -0.149. The van der Waals surface area contributed by atoms with Crippen LogP contribution >= 0.6 is 35.0 Å². The largest absolute Gasteiger partial charge is 0.457 e. The molecule has 1 fully saturated rings. The first-order valence-corrected chi connectivity index (χ1v) is 14.3. The molecule has 0 bridgehead atoms. The van der Waals surface area contributed by atoms with Gasteiger partial charge in [-0.1, -0.05) is 72.5 Å². The first kappa shape index (κ1) is 33.0. The lowest BCUT2D eigenvalue weighted by atomic mass is 10.1. The third-order valence-electron chi connectivity index (χ3n) is 6.19. The van der Waals surface area contributed by atoms with Crippen molar-refractivity contribution in [2.75, 3.05) is 13.3 Å². The van der Waals surface area contributed by atoms with E-state index < -0.39 is 18.2 Å². The van der Waals surface area contributed by atoms with Crippen LogP contribution in [0.1, 0.15) is 39.4 Å². The number of halogens is 2. The van der Waals surface area contributed by atoms with Gasteiger partial charge in [0.2, 0.25) is 6.10 Å². The number of carbonyl (C=O) groups is 2. The van der Waals surface area contributed by atoms with Crippen LogP contribution in [0, 0.1) is 28.6 Å². The summed E-state index contributed by atoms with van der Waals surface area (Å²) in [5, 5.41) is 15.3. The number of benzene rings is 2. The summed E-state index contributed by atoms with van der Waals surface area (Å²) in [6.45, 7) is 7.84. The molecule has 2 aromatic carbocycles. The van der Waals surface area contributed by atoms with E-state index in [1.165, 1.54) is 7.05 Å². The van der Waals surface area contributed by atoms with Crippen molar-refractivity contribution in [3.8, 4) is 17.6 Å². The van der Waals surface area contributed by atoms with Gasteiger partial charge in [-0.15, -0.1) is 0 Å². The predicted octanol–water partition coefficient (Wildman–Crippen LogP) is 7.65. The van der Waals surface area contributed by atoms with E-state index in [0.29, 0.717) is 17.1 Å². The monoisotopic (exact) mass is 605 g/mol. The third-order valence-corrected chi connectivity index (χ3v) is 7.60. The molecule has 1 aliphatic carbocycles. The van der Waals surface area contributed by atoms with E-state index in [0.717, 1.165) is 0 Å². The molecule has 1 unspecified atom stereocenters. The number of nitriles is 1. The van der Waals surface area contributed by atoms with Crippen molar-refractivity contribution < 1.29 is 23.9 Å². The van der Waals surface area contributed by atoms with Crippen molar-refractivity contribution in [2.24, 2.45) is 22.4 Å². The van der Waals surface area contributed by atoms with E-state index in [2.05, 4.69) is 15.3 Å². The maximum Gasteiger partial charge on any atom is 0.433 e. The number of nitrogens with one attached hydrogen (secondary N) is 1. The maximum atomic E-state index is 12.6. The zero-order valence-electron chi connectivity index (χ0n) is 23.2. The molecule has 11 heteroatoms. The summed E-state index contributed by atoms with van der Waals surface area (Å²) in [5.41, 5.74) is 0.231. The van der Waals surface area contributed by atoms with E-state index >= 15 is 0 Å². The Labute approximate surface area is 249 Å². The molecule has 1 N–H and O–H groups in total. The minimum atomic E-state index is -1.03. The fraction of sp³-hybridized carbons (Fsp3) is 0.379. The second-order valence-corrected chi connectivity index (χ2v) is 12.4. The molecule has 3 rings (SSSR count). The van der Waals surface area contributed by atoms with E-state index in [9.17, 15) is 14.9 Å². The summed E-state index contributed by atoms with van der Waals surface area (Å²) < 4.78 is 11.3. The molecule has 3 atom stereocenters. The summed E-state index contributed by atoms with van der Waals surface area (Å²) in [5.74, 6) is 0.289. The van der Waals surface area contributed by atoms with Crippen molar-refractivity contribution in [3.05, 3.63) is 70.7 Å². The summed E-state index contributed by atoms with van der Waals surface area (Å²) in [7, 11) is 1.48. The molecule has 1 amide bonds. The Bertz CT molecular complexity index is 1260. The van der Waals surface area contributed by atoms with Crippen molar-refractivity contribution in [1.82, 2.24) is 5.32 Å². The Morgan fingerprint density at radius 3 is 2.38 bits per heavy atom. The Morgan fingerprint density at radius 2 is 1.80 bits per heavy atom. The molecule has 1 aliphatic rings. The van der Waals surface area contributed by atoms with Crippen LogP contribution in [0.4, 0.5) is 4.79 Å². The van der Waals surface area contributed by atoms with E-state index in [4.69, 9.17) is 32.7 Å². The minimum absolute atomic E-state index is 0.103. The first-order chi connectivity index (χ1) is 18.8. The van der Waals surface area contributed by atoms with Gasteiger partial charge >= 0.3 is 12.1 Å². The lowest BCUT2D eigenvalue weighted by Crippen LogP contribution is -2.19. The van der Waals surface area contributed by atoms with Crippen LogP contribution in [0.25, 0.3) is 0 Å². The average Bonchev–Trinajstić information content (AvgIpc) is 3.46. The number of allylic oxidation sites excluding steroid dienone is 1. The van der Waals surface area contributed by atoms with Gasteiger partial charge in [0.15, 0.2) is 0 Å². The van der Waals surface area contributed by atoms with Crippen LogP contribution in [-0.2, 0) is 14.4 Å². The highest BCUT2D eigenvalue weighted by Crippen LogP contribution is 2.60. The van der Waals surface area contributed by atoms with Crippen molar-refractivity contribution >= 4 is 53.2 Å². The van der Waals surface area contributed by atoms with Crippen LogP contribution in [0.15, 0.2) is 70.3 Å². The zero-order chi connectivity index (χ0) is 29.9. The van der Waals surface area contributed by atoms with Gasteiger partial charge in [0, 0.05) is 17.4 Å². The molecule has 0 aliphatic heterocycles. The smallest absolute Gasteiger partial charge is 0.433 e. The average molecular weight is 607 g/mol. The molecule has 1 saturated carbocycles. The van der Waals surface area contributed by atoms with Gasteiger partial charge < -0.3 is 14.8 Å². The number of para-hydroxylation sites is 1. The summed E-state index contributed by atoms with van der Waals surface area (Å²) >= 11 is 13.1. The minimum Gasteiger partial charge on any atom is -0.457 e. The quantitative estimate of drug-likeness (QED) is 0.135. The normalized spacial score (nSPS) is 17.8. The van der Waals surface area contributed by atoms with Crippen molar-refractivity contribution in [3.63, 3.8) is 0 Å². The van der Waals surface area contributed by atoms with Crippen LogP contribution < -0.4 is 10.1 Å². The number of thioether (sulfide) groups is 1. The predicted molar refractivity (Wildman–Crippen MR) is 160 cm³/mol.